The van der Waals surface area contributed by atoms with Crippen molar-refractivity contribution in [3.05, 3.63) is 58.9 Å². The van der Waals surface area contributed by atoms with Crippen molar-refractivity contribution < 1.29 is 0 Å². The standard InChI is InChI=1S/C15H13BrN2S/c1-10-7-12-14(17-9-18-15(12)19-10)8-13(16)11-5-3-2-4-6-11/h2-7,9,13H,8H2,1H3. The van der Waals surface area contributed by atoms with Crippen LogP contribution in [0.3, 0.4) is 0 Å². The first-order valence-electron chi connectivity index (χ1n) is 6.13. The van der Waals surface area contributed by atoms with Gasteiger partial charge in [0, 0.05) is 21.5 Å². The molecule has 4 heteroatoms. The third-order valence-electron chi connectivity index (χ3n) is 3.07. The molecular weight excluding hydrogens is 320 g/mol. The molecule has 0 amide bonds. The van der Waals surface area contributed by atoms with Crippen molar-refractivity contribution in [2.24, 2.45) is 0 Å². The van der Waals surface area contributed by atoms with Crippen LogP contribution in [-0.2, 0) is 6.42 Å². The maximum absolute atomic E-state index is 4.45. The van der Waals surface area contributed by atoms with E-state index >= 15 is 0 Å². The average molecular weight is 333 g/mol. The highest BCUT2D eigenvalue weighted by atomic mass is 79.9. The van der Waals surface area contributed by atoms with Gasteiger partial charge in [-0.15, -0.1) is 11.3 Å². The van der Waals surface area contributed by atoms with E-state index in [1.807, 2.05) is 6.07 Å². The second-order valence-electron chi connectivity index (χ2n) is 4.48. The molecule has 3 rings (SSSR count). The number of halogens is 1. The van der Waals surface area contributed by atoms with Crippen LogP contribution in [0.1, 0.15) is 21.0 Å². The molecule has 0 aliphatic carbocycles. The number of hydrogen-bond acceptors (Lipinski definition) is 3. The summed E-state index contributed by atoms with van der Waals surface area (Å²) in [7, 11) is 0. The Morgan fingerprint density at radius 2 is 2.00 bits per heavy atom. The predicted molar refractivity (Wildman–Crippen MR) is 84.0 cm³/mol. The van der Waals surface area contributed by atoms with E-state index in [-0.39, 0.29) is 4.83 Å². The van der Waals surface area contributed by atoms with E-state index in [9.17, 15) is 0 Å². The Hall–Kier alpha value is -1.26. The highest BCUT2D eigenvalue weighted by Crippen LogP contribution is 2.31. The molecule has 0 saturated carbocycles. The molecule has 0 radical (unpaired) electrons. The molecule has 1 unspecified atom stereocenters. The van der Waals surface area contributed by atoms with Gasteiger partial charge in [0.15, 0.2) is 0 Å². The third-order valence-corrected chi connectivity index (χ3v) is 4.88. The summed E-state index contributed by atoms with van der Waals surface area (Å²) in [4.78, 5) is 11.4. The second kappa shape index (κ2) is 5.39. The van der Waals surface area contributed by atoms with Gasteiger partial charge in [-0.1, -0.05) is 46.3 Å². The fourth-order valence-corrected chi connectivity index (χ4v) is 3.62. The molecule has 0 saturated heterocycles. The highest BCUT2D eigenvalue weighted by molar-refractivity contribution is 9.09. The van der Waals surface area contributed by atoms with Gasteiger partial charge >= 0.3 is 0 Å². The van der Waals surface area contributed by atoms with E-state index in [0.29, 0.717) is 0 Å². The lowest BCUT2D eigenvalue weighted by molar-refractivity contribution is 0.909. The van der Waals surface area contributed by atoms with Gasteiger partial charge in [-0.25, -0.2) is 9.97 Å². The number of rotatable bonds is 3. The summed E-state index contributed by atoms with van der Waals surface area (Å²) in [5.41, 5.74) is 2.39. The van der Waals surface area contributed by atoms with Gasteiger partial charge in [0.2, 0.25) is 0 Å². The Morgan fingerprint density at radius 3 is 2.79 bits per heavy atom. The molecule has 1 atom stereocenters. The van der Waals surface area contributed by atoms with Crippen LogP contribution in [-0.4, -0.2) is 9.97 Å². The minimum Gasteiger partial charge on any atom is -0.241 e. The maximum Gasteiger partial charge on any atom is 0.127 e. The van der Waals surface area contributed by atoms with Crippen molar-refractivity contribution in [2.45, 2.75) is 18.2 Å². The third kappa shape index (κ3) is 2.69. The molecule has 19 heavy (non-hydrogen) atoms. The van der Waals surface area contributed by atoms with Gasteiger partial charge in [-0.05, 0) is 18.6 Å². The number of thiophene rings is 1. The van der Waals surface area contributed by atoms with Gasteiger partial charge in [0.05, 0.1) is 5.69 Å². The summed E-state index contributed by atoms with van der Waals surface area (Å²) in [5, 5.41) is 1.19. The van der Waals surface area contributed by atoms with E-state index < -0.39 is 0 Å². The number of fused-ring (bicyclic) bond motifs is 1. The highest BCUT2D eigenvalue weighted by Gasteiger charge is 2.13. The van der Waals surface area contributed by atoms with Crippen LogP contribution in [0.25, 0.3) is 10.2 Å². The molecule has 2 aromatic heterocycles. The lowest BCUT2D eigenvalue weighted by Gasteiger charge is -2.10. The van der Waals surface area contributed by atoms with Crippen LogP contribution in [0.5, 0.6) is 0 Å². The van der Waals surface area contributed by atoms with Crippen LogP contribution >= 0.6 is 27.3 Å². The summed E-state index contributed by atoms with van der Waals surface area (Å²) in [6.45, 7) is 2.11. The quantitative estimate of drug-likeness (QED) is 0.651. The molecule has 2 heterocycles. The topological polar surface area (TPSA) is 25.8 Å². The molecule has 3 aromatic rings. The first-order valence-corrected chi connectivity index (χ1v) is 7.86. The molecule has 2 nitrogen and oxygen atoms in total. The molecule has 0 bridgehead atoms. The normalized spacial score (nSPS) is 12.7. The minimum absolute atomic E-state index is 0.284. The van der Waals surface area contributed by atoms with Crippen LogP contribution < -0.4 is 0 Å². The molecule has 0 N–H and O–H groups in total. The number of hydrogen-bond donors (Lipinski definition) is 0. The zero-order valence-electron chi connectivity index (χ0n) is 10.5. The molecule has 0 aliphatic heterocycles. The monoisotopic (exact) mass is 332 g/mol. The first kappa shape index (κ1) is 12.8. The Bertz CT molecular complexity index is 694. The number of nitrogens with zero attached hydrogens (tertiary/aromatic N) is 2. The zero-order chi connectivity index (χ0) is 13.2. The number of benzene rings is 1. The summed E-state index contributed by atoms with van der Waals surface area (Å²) in [6, 6.07) is 12.6. The largest absolute Gasteiger partial charge is 0.241 e. The van der Waals surface area contributed by atoms with Gasteiger partial charge in [-0.2, -0.15) is 0 Å². The van der Waals surface area contributed by atoms with Crippen molar-refractivity contribution in [1.29, 1.82) is 0 Å². The maximum atomic E-state index is 4.45. The van der Waals surface area contributed by atoms with E-state index in [1.165, 1.54) is 15.8 Å². The SMILES string of the molecule is Cc1cc2c(CC(Br)c3ccccc3)ncnc2s1. The Balaban J connectivity index is 1.93. The Kier molecular flexibility index (Phi) is 3.62. The fourth-order valence-electron chi connectivity index (χ4n) is 2.14. The van der Waals surface area contributed by atoms with Gasteiger partial charge < -0.3 is 0 Å². The molecule has 1 aromatic carbocycles. The molecule has 0 aliphatic rings. The van der Waals surface area contributed by atoms with Gasteiger partial charge in [0.25, 0.3) is 0 Å². The van der Waals surface area contributed by atoms with Crippen molar-refractivity contribution in [2.75, 3.05) is 0 Å². The summed E-state index contributed by atoms with van der Waals surface area (Å²) in [5.74, 6) is 0. The first-order chi connectivity index (χ1) is 9.24. The van der Waals surface area contributed by atoms with Crippen LogP contribution in [0.2, 0.25) is 0 Å². The average Bonchev–Trinajstić information content (AvgIpc) is 2.81. The smallest absolute Gasteiger partial charge is 0.127 e. The lowest BCUT2D eigenvalue weighted by Crippen LogP contribution is -1.98. The summed E-state index contributed by atoms with van der Waals surface area (Å²) in [6.07, 6.45) is 2.54. The van der Waals surface area contributed by atoms with Crippen LogP contribution in [0.15, 0.2) is 42.7 Å². The molecular formula is C15H13BrN2S. The van der Waals surface area contributed by atoms with E-state index in [2.05, 4.69) is 63.2 Å². The van der Waals surface area contributed by atoms with E-state index in [4.69, 9.17) is 0 Å². The van der Waals surface area contributed by atoms with E-state index in [1.54, 1.807) is 17.7 Å². The van der Waals surface area contributed by atoms with Crippen molar-refractivity contribution >= 4 is 37.5 Å². The molecule has 96 valence electrons. The summed E-state index contributed by atoms with van der Waals surface area (Å²) >= 11 is 5.48. The lowest BCUT2D eigenvalue weighted by atomic mass is 10.1. The van der Waals surface area contributed by atoms with Gasteiger partial charge in [-0.3, -0.25) is 0 Å². The zero-order valence-corrected chi connectivity index (χ0v) is 12.9. The predicted octanol–water partition coefficient (Wildman–Crippen LogP) is 4.68. The number of alkyl halides is 1. The van der Waals surface area contributed by atoms with Crippen LogP contribution in [0.4, 0.5) is 0 Å². The molecule has 0 spiro atoms. The summed E-state index contributed by atoms with van der Waals surface area (Å²) < 4.78 is 0. The Morgan fingerprint density at radius 1 is 1.21 bits per heavy atom. The van der Waals surface area contributed by atoms with Crippen molar-refractivity contribution in [3.63, 3.8) is 0 Å². The minimum atomic E-state index is 0.284. The second-order valence-corrected chi connectivity index (χ2v) is 6.82. The molecule has 0 fully saturated rings. The fraction of sp³-hybridized carbons (Fsp3) is 0.200. The van der Waals surface area contributed by atoms with Crippen LogP contribution in [0, 0.1) is 6.92 Å². The number of aromatic nitrogens is 2. The van der Waals surface area contributed by atoms with E-state index in [0.717, 1.165) is 16.9 Å². The Labute approximate surface area is 124 Å². The van der Waals surface area contributed by atoms with Crippen molar-refractivity contribution in [3.8, 4) is 0 Å². The number of aryl methyl sites for hydroxylation is 1. The van der Waals surface area contributed by atoms with Crippen molar-refractivity contribution in [1.82, 2.24) is 9.97 Å². The van der Waals surface area contributed by atoms with Gasteiger partial charge in [0.1, 0.15) is 11.2 Å².